The van der Waals surface area contributed by atoms with Crippen molar-refractivity contribution in [3.8, 4) is 67.4 Å². The zero-order chi connectivity index (χ0) is 37.6. The average Bonchev–Trinajstić information content (AvgIpc) is 3.26. The first-order chi connectivity index (χ1) is 27.5. The van der Waals surface area contributed by atoms with E-state index in [0.717, 1.165) is 85.9 Å². The number of aromatic nitrogens is 4. The summed E-state index contributed by atoms with van der Waals surface area (Å²) in [5, 5.41) is 5.23. The van der Waals surface area contributed by atoms with Gasteiger partial charge in [-0.15, -0.1) is 0 Å². The maximum Gasteiger partial charge on any atom is 0.160 e. The quantitative estimate of drug-likeness (QED) is 0.161. The van der Waals surface area contributed by atoms with E-state index in [9.17, 15) is 0 Å². The first-order valence-electron chi connectivity index (χ1n) is 19.3. The van der Waals surface area contributed by atoms with Crippen LogP contribution in [0.2, 0.25) is 0 Å². The number of rotatable bonds is 6. The van der Waals surface area contributed by atoms with Crippen LogP contribution in [0, 0.1) is 13.8 Å². The van der Waals surface area contributed by atoms with E-state index in [1.54, 1.807) is 0 Å². The molecule has 56 heavy (non-hydrogen) atoms. The van der Waals surface area contributed by atoms with Crippen molar-refractivity contribution in [3.05, 3.63) is 186 Å². The summed E-state index contributed by atoms with van der Waals surface area (Å²) in [4.78, 5) is 19.8. The summed E-state index contributed by atoms with van der Waals surface area (Å²) in [5.41, 5.74) is 15.0. The lowest BCUT2D eigenvalue weighted by Gasteiger charge is -2.19. The molecule has 0 radical (unpaired) electrons. The Labute approximate surface area is 327 Å². The van der Waals surface area contributed by atoms with Gasteiger partial charge in [-0.3, -0.25) is 0 Å². The van der Waals surface area contributed by atoms with Gasteiger partial charge in [-0.2, -0.15) is 0 Å². The van der Waals surface area contributed by atoms with Gasteiger partial charge in [-0.05, 0) is 124 Å². The summed E-state index contributed by atoms with van der Waals surface area (Å²) < 4.78 is 0. The van der Waals surface area contributed by atoms with Gasteiger partial charge in [-0.1, -0.05) is 127 Å². The van der Waals surface area contributed by atoms with E-state index in [1.165, 1.54) is 32.7 Å². The number of benzene rings is 7. The first-order valence-corrected chi connectivity index (χ1v) is 19.3. The van der Waals surface area contributed by atoms with Crippen molar-refractivity contribution in [1.29, 1.82) is 0 Å². The largest absolute Gasteiger partial charge is 0.239 e. The van der Waals surface area contributed by atoms with Gasteiger partial charge in [0, 0.05) is 27.9 Å². The molecule has 2 aromatic heterocycles. The fraction of sp³-hybridized carbons (Fsp3) is 0.0769. The summed E-state index contributed by atoms with van der Waals surface area (Å²) in [6.45, 7) is 3.97. The number of hydrogen-bond donors (Lipinski definition) is 0. The molecule has 10 rings (SSSR count). The van der Waals surface area contributed by atoms with Gasteiger partial charge in [0.15, 0.2) is 5.82 Å². The predicted octanol–water partition coefficient (Wildman–Crippen LogP) is 13.2. The lowest BCUT2D eigenvalue weighted by Crippen LogP contribution is -1.98. The molecule has 4 heteroatoms. The second-order valence-corrected chi connectivity index (χ2v) is 14.7. The van der Waals surface area contributed by atoms with E-state index in [0.29, 0.717) is 5.82 Å². The number of nitrogens with zero attached hydrogens (tertiary/aromatic N) is 4. The molecule has 266 valence electrons. The Bertz CT molecular complexity index is 2910. The molecule has 0 fully saturated rings. The molecule has 0 N–H and O–H groups in total. The topological polar surface area (TPSA) is 51.6 Å². The smallest absolute Gasteiger partial charge is 0.160 e. The summed E-state index contributed by atoms with van der Waals surface area (Å²) in [6.07, 6.45) is 6.71. The van der Waals surface area contributed by atoms with Crippen LogP contribution in [0.1, 0.15) is 29.1 Å². The Morgan fingerprint density at radius 2 is 0.964 bits per heavy atom. The fourth-order valence-corrected chi connectivity index (χ4v) is 8.26. The van der Waals surface area contributed by atoms with E-state index in [1.807, 2.05) is 26.0 Å². The van der Waals surface area contributed by atoms with Gasteiger partial charge >= 0.3 is 0 Å². The molecule has 0 unspecified atom stereocenters. The van der Waals surface area contributed by atoms with E-state index >= 15 is 0 Å². The van der Waals surface area contributed by atoms with Crippen LogP contribution in [0.15, 0.2) is 164 Å². The van der Waals surface area contributed by atoms with Crippen molar-refractivity contribution in [2.24, 2.45) is 0 Å². The van der Waals surface area contributed by atoms with Crippen LogP contribution in [0.5, 0.6) is 0 Å². The van der Waals surface area contributed by atoms with Crippen LogP contribution in [-0.4, -0.2) is 19.9 Å². The highest BCUT2D eigenvalue weighted by molar-refractivity contribution is 6.13. The Balaban J connectivity index is 1.21. The zero-order valence-electron chi connectivity index (χ0n) is 31.4. The maximum atomic E-state index is 5.26. The van der Waals surface area contributed by atoms with E-state index in [-0.39, 0.29) is 0 Å². The Kier molecular flexibility index (Phi) is 8.37. The lowest BCUT2D eigenvalue weighted by atomic mass is 9.85. The Morgan fingerprint density at radius 3 is 1.68 bits per heavy atom. The highest BCUT2D eigenvalue weighted by Crippen LogP contribution is 2.40. The molecule has 4 nitrogen and oxygen atoms in total. The average molecular weight is 719 g/mol. The molecular formula is C52H38N4. The molecule has 0 spiro atoms. The van der Waals surface area contributed by atoms with Crippen LogP contribution in [0.4, 0.5) is 0 Å². The predicted molar refractivity (Wildman–Crippen MR) is 232 cm³/mol. The molecule has 7 aromatic carbocycles. The van der Waals surface area contributed by atoms with Gasteiger partial charge in [0.05, 0.1) is 17.1 Å². The summed E-state index contributed by atoms with van der Waals surface area (Å²) in [5.74, 6) is 1.45. The van der Waals surface area contributed by atoms with Crippen molar-refractivity contribution in [3.63, 3.8) is 0 Å². The van der Waals surface area contributed by atoms with Crippen molar-refractivity contribution < 1.29 is 0 Å². The first kappa shape index (κ1) is 33.5. The number of aryl methyl sites for hydroxylation is 3. The second kappa shape index (κ2) is 14.0. The maximum absolute atomic E-state index is 5.26. The third-order valence-electron chi connectivity index (χ3n) is 10.9. The van der Waals surface area contributed by atoms with E-state index in [2.05, 4.69) is 163 Å². The van der Waals surface area contributed by atoms with Crippen molar-refractivity contribution >= 4 is 27.6 Å². The van der Waals surface area contributed by atoms with Crippen LogP contribution in [0.3, 0.4) is 0 Å². The van der Waals surface area contributed by atoms with Crippen LogP contribution in [-0.2, 0) is 6.42 Å². The van der Waals surface area contributed by atoms with E-state index in [4.69, 9.17) is 15.0 Å². The molecule has 0 atom stereocenters. The number of allylic oxidation sites excluding steroid dienone is 1. The molecule has 2 heterocycles. The summed E-state index contributed by atoms with van der Waals surface area (Å²) >= 11 is 0. The minimum absolute atomic E-state index is 0.681. The third-order valence-corrected chi connectivity index (χ3v) is 10.9. The fourth-order valence-electron chi connectivity index (χ4n) is 8.26. The van der Waals surface area contributed by atoms with Gasteiger partial charge in [0.1, 0.15) is 5.82 Å². The van der Waals surface area contributed by atoms with Crippen molar-refractivity contribution in [2.45, 2.75) is 26.7 Å². The normalized spacial score (nSPS) is 12.2. The molecular weight excluding hydrogens is 681 g/mol. The van der Waals surface area contributed by atoms with Crippen LogP contribution >= 0.6 is 0 Å². The summed E-state index contributed by atoms with van der Waals surface area (Å²) in [7, 11) is 0. The SMILES string of the molecule is Cc1cc(-c2cccc(-c3cc(-c4ccc5c(c4)c4c(c6ccccc65)C=CCC4)cc(-c4nc(-c5ccccc5)cc(-c5ccccc5)n4)c3)c2)nc(C)n1. The number of fused-ring (bicyclic) bond motifs is 6. The summed E-state index contributed by atoms with van der Waals surface area (Å²) in [6, 6.07) is 56.2. The molecule has 1 aliphatic carbocycles. The minimum Gasteiger partial charge on any atom is -0.239 e. The van der Waals surface area contributed by atoms with Crippen LogP contribution in [0.25, 0.3) is 95.0 Å². The van der Waals surface area contributed by atoms with Crippen molar-refractivity contribution in [2.75, 3.05) is 0 Å². The van der Waals surface area contributed by atoms with Crippen molar-refractivity contribution in [1.82, 2.24) is 19.9 Å². The van der Waals surface area contributed by atoms with Gasteiger partial charge < -0.3 is 0 Å². The van der Waals surface area contributed by atoms with Gasteiger partial charge in [-0.25, -0.2) is 19.9 Å². The Hall–Kier alpha value is -7.04. The molecule has 0 saturated carbocycles. The standard InChI is InChI=1S/C52H38N4/c1-33-26-49(54-34(2)53-33)39-19-13-18-37(27-39)40-28-41(38-24-25-47-45-22-10-9-20-43(45)44-21-11-12-23-46(44)48(47)31-38)30-42(29-40)52-55-50(35-14-5-3-6-15-35)32-51(56-52)36-16-7-4-8-17-36/h3-11,13-22,24-32H,12,23H2,1-2H3. The molecule has 1 aliphatic rings. The zero-order valence-corrected chi connectivity index (χ0v) is 31.4. The lowest BCUT2D eigenvalue weighted by molar-refractivity contribution is 1.00. The molecule has 0 bridgehead atoms. The number of hydrogen-bond acceptors (Lipinski definition) is 4. The molecule has 0 aliphatic heterocycles. The van der Waals surface area contributed by atoms with Gasteiger partial charge in [0.25, 0.3) is 0 Å². The molecule has 0 saturated heterocycles. The molecule has 0 amide bonds. The highest BCUT2D eigenvalue weighted by atomic mass is 14.9. The second-order valence-electron chi connectivity index (χ2n) is 14.7. The third kappa shape index (κ3) is 6.25. The molecule has 9 aromatic rings. The Morgan fingerprint density at radius 1 is 0.393 bits per heavy atom. The minimum atomic E-state index is 0.681. The van der Waals surface area contributed by atoms with Gasteiger partial charge in [0.2, 0.25) is 0 Å². The van der Waals surface area contributed by atoms with E-state index < -0.39 is 0 Å². The highest BCUT2D eigenvalue weighted by Gasteiger charge is 2.18. The monoisotopic (exact) mass is 718 g/mol. The van der Waals surface area contributed by atoms with Crippen LogP contribution < -0.4 is 0 Å².